The topological polar surface area (TPSA) is 79.5 Å². The lowest BCUT2D eigenvalue weighted by atomic mass is 9.65. The van der Waals surface area contributed by atoms with Crippen LogP contribution in [-0.4, -0.2) is 49.7 Å². The summed E-state index contributed by atoms with van der Waals surface area (Å²) in [5, 5.41) is 10.3. The van der Waals surface area contributed by atoms with Crippen LogP contribution in [0.3, 0.4) is 0 Å². The lowest BCUT2D eigenvalue weighted by Crippen LogP contribution is -2.46. The molecule has 1 amide bonds. The molecule has 6 nitrogen and oxygen atoms in total. The second kappa shape index (κ2) is 21.2. The first-order chi connectivity index (χ1) is 24.6. The van der Waals surface area contributed by atoms with E-state index in [2.05, 4.69) is 84.0 Å². The number of hydrogen-bond acceptors (Lipinski definition) is 5. The van der Waals surface area contributed by atoms with Gasteiger partial charge in [-0.25, -0.2) is 4.39 Å². The average Bonchev–Trinajstić information content (AvgIpc) is 3.09. The summed E-state index contributed by atoms with van der Waals surface area (Å²) in [6, 6.07) is 0.789. The molecule has 3 atom stereocenters. The van der Waals surface area contributed by atoms with Gasteiger partial charge in [0.25, 0.3) is 0 Å². The minimum Gasteiger partial charge on any atom is -0.368 e. The van der Waals surface area contributed by atoms with Crippen molar-refractivity contribution in [3.05, 3.63) is 35.2 Å². The largest absolute Gasteiger partial charge is 0.368 e. The second-order valence-electron chi connectivity index (χ2n) is 18.2. The molecular formula is C45H78FN3O3. The van der Waals surface area contributed by atoms with E-state index >= 15 is 0 Å². The molecule has 1 heterocycles. The average molecular weight is 728 g/mol. The highest BCUT2D eigenvalue weighted by Crippen LogP contribution is 2.44. The predicted octanol–water partition coefficient (Wildman–Crippen LogP) is 10.7. The van der Waals surface area contributed by atoms with E-state index in [-0.39, 0.29) is 22.8 Å². The van der Waals surface area contributed by atoms with Crippen LogP contribution in [0.5, 0.6) is 0 Å². The zero-order chi connectivity index (χ0) is 38.5. The molecule has 0 saturated heterocycles. The number of dihydropyridines is 1. The zero-order valence-electron chi connectivity index (χ0n) is 34.9. The van der Waals surface area contributed by atoms with Crippen molar-refractivity contribution in [2.24, 2.45) is 28.6 Å². The summed E-state index contributed by atoms with van der Waals surface area (Å²) in [5.74, 6) is 1.81. The molecule has 0 spiro atoms. The minimum absolute atomic E-state index is 0.0470. The molecule has 7 heteroatoms. The second-order valence-corrected chi connectivity index (χ2v) is 18.2. The van der Waals surface area contributed by atoms with Crippen LogP contribution in [0.2, 0.25) is 0 Å². The molecule has 3 aliphatic rings. The van der Waals surface area contributed by atoms with Gasteiger partial charge in [-0.1, -0.05) is 74.0 Å². The number of nitrogens with one attached hydrogen (secondary N) is 3. The van der Waals surface area contributed by atoms with Gasteiger partial charge < -0.3 is 20.7 Å². The molecule has 3 N–H and O–H groups in total. The predicted molar refractivity (Wildman–Crippen MR) is 216 cm³/mol. The lowest BCUT2D eigenvalue weighted by Gasteiger charge is -2.39. The van der Waals surface area contributed by atoms with Crippen LogP contribution < -0.4 is 16.0 Å². The first kappa shape index (κ1) is 44.4. The van der Waals surface area contributed by atoms with Gasteiger partial charge in [0, 0.05) is 48.3 Å². The molecule has 52 heavy (non-hydrogen) atoms. The molecule has 2 aliphatic carbocycles. The highest BCUT2D eigenvalue weighted by molar-refractivity contribution is 5.81. The summed E-state index contributed by atoms with van der Waals surface area (Å²) < 4.78 is 19.8. The van der Waals surface area contributed by atoms with Gasteiger partial charge in [0.2, 0.25) is 5.91 Å². The quantitative estimate of drug-likeness (QED) is 0.103. The minimum atomic E-state index is -0.633. The third kappa shape index (κ3) is 13.7. The number of rotatable bonds is 22. The van der Waals surface area contributed by atoms with Gasteiger partial charge in [0.05, 0.1) is 0 Å². The highest BCUT2D eigenvalue weighted by atomic mass is 19.1. The molecular weight excluding hydrogens is 650 g/mol. The van der Waals surface area contributed by atoms with E-state index in [0.717, 1.165) is 101 Å². The van der Waals surface area contributed by atoms with E-state index in [4.69, 9.17) is 4.74 Å². The molecule has 298 valence electrons. The number of amides is 1. The summed E-state index contributed by atoms with van der Waals surface area (Å²) >= 11 is 0. The Morgan fingerprint density at radius 3 is 2.27 bits per heavy atom. The van der Waals surface area contributed by atoms with E-state index in [0.29, 0.717) is 61.9 Å². The highest BCUT2D eigenvalue weighted by Gasteiger charge is 2.37. The Hall–Kier alpha value is -1.99. The molecule has 0 bridgehead atoms. The maximum absolute atomic E-state index is 13.9. The number of ether oxygens (including phenoxy) is 1. The van der Waals surface area contributed by atoms with Crippen molar-refractivity contribution in [2.75, 3.05) is 13.7 Å². The Bertz CT molecular complexity index is 1210. The van der Waals surface area contributed by atoms with Crippen LogP contribution in [0.15, 0.2) is 35.2 Å². The van der Waals surface area contributed by atoms with Gasteiger partial charge in [0.1, 0.15) is 18.1 Å². The van der Waals surface area contributed by atoms with Crippen LogP contribution in [0, 0.1) is 28.6 Å². The molecule has 2 fully saturated rings. The van der Waals surface area contributed by atoms with E-state index < -0.39 is 12.3 Å². The first-order valence-electron chi connectivity index (χ1n) is 21.2. The van der Waals surface area contributed by atoms with Crippen molar-refractivity contribution in [1.29, 1.82) is 0 Å². The number of hydrogen-bond donors (Lipinski definition) is 3. The van der Waals surface area contributed by atoms with Crippen molar-refractivity contribution in [3.8, 4) is 0 Å². The Balaban J connectivity index is 1.59. The molecule has 1 aliphatic heterocycles. The maximum atomic E-state index is 13.9. The summed E-state index contributed by atoms with van der Waals surface area (Å²) in [6.45, 7) is 22.9. The number of alkyl halides is 1. The Kier molecular flexibility index (Phi) is 18.1. The number of ketones is 1. The molecule has 2 saturated carbocycles. The van der Waals surface area contributed by atoms with Gasteiger partial charge in [-0.3, -0.25) is 9.59 Å². The van der Waals surface area contributed by atoms with Crippen LogP contribution in [0.1, 0.15) is 171 Å². The van der Waals surface area contributed by atoms with Gasteiger partial charge >= 0.3 is 0 Å². The van der Waals surface area contributed by atoms with E-state index in [9.17, 15) is 14.0 Å². The number of Topliss-reactive ketones (excluding diaryl/α,β-unsaturated/α-hetero) is 1. The lowest BCUT2D eigenvalue weighted by molar-refractivity contribution is -0.134. The van der Waals surface area contributed by atoms with E-state index in [1.807, 2.05) is 7.05 Å². The Morgan fingerprint density at radius 1 is 1.02 bits per heavy atom. The Labute approximate surface area is 318 Å². The van der Waals surface area contributed by atoms with Crippen molar-refractivity contribution >= 4 is 11.7 Å². The maximum Gasteiger partial charge on any atom is 0.249 e. The first-order valence-corrected chi connectivity index (χ1v) is 21.2. The fourth-order valence-corrected chi connectivity index (χ4v) is 9.67. The standard InChI is InChI=1S/C45H78FN3O3/c1-11-26-52-41(43(51)49-39-22-20-38(47-10)21-23-39)15-13-14-36(12-2)45(9,29-31(3)4)30-40(50)24-25-44(7,8)42-32(5)27-35(33(6)48-42)28-34-16-18-37(46)19-17-34/h27,31,34,36-39,41,47-48H,6,11-26,28-30H2,1-5,7-10H3,(H,49,51)/t34?,36-,37?,38?,39?,41+,45?/m1/s1. The van der Waals surface area contributed by atoms with Gasteiger partial charge in [-0.2, -0.15) is 0 Å². The third-order valence-electron chi connectivity index (χ3n) is 12.7. The summed E-state index contributed by atoms with van der Waals surface area (Å²) in [5.41, 5.74) is 4.27. The number of halogens is 1. The summed E-state index contributed by atoms with van der Waals surface area (Å²) in [7, 11) is 2.02. The fourth-order valence-electron chi connectivity index (χ4n) is 9.67. The normalized spacial score (nSPS) is 25.3. The Morgan fingerprint density at radius 2 is 1.67 bits per heavy atom. The zero-order valence-corrected chi connectivity index (χ0v) is 34.9. The van der Waals surface area contributed by atoms with Crippen LogP contribution in [0.25, 0.3) is 0 Å². The van der Waals surface area contributed by atoms with Crippen molar-refractivity contribution in [1.82, 2.24) is 16.0 Å². The summed E-state index contributed by atoms with van der Waals surface area (Å²) in [6.07, 6.45) is 17.1. The van der Waals surface area contributed by atoms with Gasteiger partial charge in [-0.05, 0) is 138 Å². The third-order valence-corrected chi connectivity index (χ3v) is 12.7. The number of allylic oxidation sites excluding steroid dienone is 4. The molecule has 0 aromatic heterocycles. The molecule has 0 radical (unpaired) electrons. The van der Waals surface area contributed by atoms with E-state index in [1.165, 1.54) is 11.1 Å². The van der Waals surface area contributed by atoms with Crippen molar-refractivity contribution in [3.63, 3.8) is 0 Å². The van der Waals surface area contributed by atoms with Gasteiger partial charge in [-0.15, -0.1) is 0 Å². The summed E-state index contributed by atoms with van der Waals surface area (Å²) in [4.78, 5) is 27.3. The molecule has 1 unspecified atom stereocenters. The molecule has 3 rings (SSSR count). The van der Waals surface area contributed by atoms with Crippen LogP contribution >= 0.6 is 0 Å². The fraction of sp³-hybridized carbons (Fsp3) is 0.822. The van der Waals surface area contributed by atoms with Crippen molar-refractivity contribution < 1.29 is 18.7 Å². The van der Waals surface area contributed by atoms with Crippen LogP contribution in [-0.2, 0) is 14.3 Å². The SMILES string of the molecule is C=C1NC(C(C)(C)CCC(=O)CC(C)(CC(C)C)[C@H](CC)CCC[C@H](OCCC)C(=O)NC2CCC(NC)CC2)=C(C)C=C1CC1CCC(F)CC1. The van der Waals surface area contributed by atoms with Gasteiger partial charge in [0.15, 0.2) is 0 Å². The van der Waals surface area contributed by atoms with E-state index in [1.54, 1.807) is 0 Å². The number of carbonyl (C=O) groups is 2. The monoisotopic (exact) mass is 728 g/mol. The van der Waals surface area contributed by atoms with Crippen LogP contribution in [0.4, 0.5) is 4.39 Å². The molecule has 0 aromatic carbocycles. The smallest absolute Gasteiger partial charge is 0.249 e. The molecule has 0 aromatic rings. The van der Waals surface area contributed by atoms with Crippen molar-refractivity contribution in [2.45, 2.75) is 195 Å². The number of carbonyl (C=O) groups excluding carboxylic acids is 2.